The molecule has 0 heterocycles. The van der Waals surface area contributed by atoms with E-state index in [0.29, 0.717) is 13.2 Å². The number of rotatable bonds is 3. The second-order valence-electron chi connectivity index (χ2n) is 3.04. The first-order valence-electron chi connectivity index (χ1n) is 4.25. The van der Waals surface area contributed by atoms with E-state index in [9.17, 15) is 5.11 Å². The van der Waals surface area contributed by atoms with Crippen molar-refractivity contribution >= 4 is 0 Å². The molecule has 0 fully saturated rings. The minimum absolute atomic E-state index is 0.444. The maximum Gasteiger partial charge on any atom is 0.106 e. The number of hydrogen-bond acceptors (Lipinski definition) is 2. The zero-order chi connectivity index (χ0) is 8.16. The van der Waals surface area contributed by atoms with Crippen LogP contribution in [0.3, 0.4) is 0 Å². The van der Waals surface area contributed by atoms with Gasteiger partial charge in [-0.25, -0.2) is 0 Å². The number of allylic oxidation sites excluding steroid dienone is 1. The van der Waals surface area contributed by atoms with Gasteiger partial charge in [-0.3, -0.25) is 0 Å². The second-order valence-corrected chi connectivity index (χ2v) is 3.04. The molecule has 0 saturated carbocycles. The van der Waals surface area contributed by atoms with Crippen molar-refractivity contribution in [3.05, 3.63) is 12.2 Å². The van der Waals surface area contributed by atoms with E-state index in [2.05, 4.69) is 0 Å². The molecular weight excluding hydrogens is 140 g/mol. The van der Waals surface area contributed by atoms with Crippen LogP contribution < -0.4 is 0 Å². The molecule has 0 saturated heterocycles. The summed E-state index contributed by atoms with van der Waals surface area (Å²) >= 11 is 0. The van der Waals surface area contributed by atoms with Gasteiger partial charge < -0.3 is 9.84 Å². The van der Waals surface area contributed by atoms with Gasteiger partial charge in [0.15, 0.2) is 0 Å². The number of hydrogen-bond donors (Lipinski definition) is 1. The van der Waals surface area contributed by atoms with E-state index in [-0.39, 0.29) is 0 Å². The summed E-state index contributed by atoms with van der Waals surface area (Å²) in [5.74, 6) is 0. The van der Waals surface area contributed by atoms with Crippen LogP contribution in [0.2, 0.25) is 0 Å². The predicted octanol–water partition coefficient (Wildman–Crippen LogP) is 1.49. The molecular formula is C9H16O2. The van der Waals surface area contributed by atoms with Crippen LogP contribution in [-0.2, 0) is 4.74 Å². The molecule has 0 aliphatic heterocycles. The van der Waals surface area contributed by atoms with Gasteiger partial charge in [-0.2, -0.15) is 0 Å². The standard InChI is InChI=1S/C9H16O2/c1-2-11-8-9(10)6-4-3-5-7-9/h4,6,10H,2-3,5,7-8H2,1H3. The molecule has 0 aromatic rings. The van der Waals surface area contributed by atoms with Crippen molar-refractivity contribution in [2.24, 2.45) is 0 Å². The molecule has 1 unspecified atom stereocenters. The lowest BCUT2D eigenvalue weighted by Crippen LogP contribution is -2.33. The maximum absolute atomic E-state index is 9.79. The van der Waals surface area contributed by atoms with Gasteiger partial charge in [0, 0.05) is 6.61 Å². The topological polar surface area (TPSA) is 29.5 Å². The molecule has 0 radical (unpaired) electrons. The zero-order valence-electron chi connectivity index (χ0n) is 7.05. The largest absolute Gasteiger partial charge is 0.383 e. The predicted molar refractivity (Wildman–Crippen MR) is 44.4 cm³/mol. The Balaban J connectivity index is 2.37. The molecule has 0 aromatic heterocycles. The van der Waals surface area contributed by atoms with E-state index in [0.717, 1.165) is 19.3 Å². The first-order valence-corrected chi connectivity index (χ1v) is 4.25. The van der Waals surface area contributed by atoms with Gasteiger partial charge in [-0.15, -0.1) is 0 Å². The Hall–Kier alpha value is -0.340. The molecule has 0 spiro atoms. The molecule has 1 atom stereocenters. The van der Waals surface area contributed by atoms with Crippen molar-refractivity contribution in [2.75, 3.05) is 13.2 Å². The van der Waals surface area contributed by atoms with Crippen molar-refractivity contribution < 1.29 is 9.84 Å². The Morgan fingerprint density at radius 1 is 1.64 bits per heavy atom. The molecule has 1 aliphatic rings. The fraction of sp³-hybridized carbons (Fsp3) is 0.778. The van der Waals surface area contributed by atoms with Crippen LogP contribution in [0.5, 0.6) is 0 Å². The third-order valence-electron chi connectivity index (χ3n) is 1.96. The third kappa shape index (κ3) is 2.64. The summed E-state index contributed by atoms with van der Waals surface area (Å²) < 4.78 is 5.17. The van der Waals surface area contributed by atoms with Gasteiger partial charge in [0.05, 0.1) is 6.61 Å². The normalized spacial score (nSPS) is 30.7. The summed E-state index contributed by atoms with van der Waals surface area (Å²) in [4.78, 5) is 0. The maximum atomic E-state index is 9.79. The molecule has 1 N–H and O–H groups in total. The first kappa shape index (κ1) is 8.75. The average Bonchev–Trinajstić information content (AvgIpc) is 2.03. The Morgan fingerprint density at radius 3 is 3.00 bits per heavy atom. The van der Waals surface area contributed by atoms with Crippen molar-refractivity contribution in [3.63, 3.8) is 0 Å². The van der Waals surface area contributed by atoms with Gasteiger partial charge in [-0.05, 0) is 26.2 Å². The Labute approximate surface area is 67.9 Å². The molecule has 2 nitrogen and oxygen atoms in total. The quantitative estimate of drug-likeness (QED) is 0.627. The molecule has 2 heteroatoms. The Morgan fingerprint density at radius 2 is 2.45 bits per heavy atom. The van der Waals surface area contributed by atoms with Crippen LogP contribution in [-0.4, -0.2) is 23.9 Å². The van der Waals surface area contributed by atoms with Crippen molar-refractivity contribution in [2.45, 2.75) is 31.8 Å². The first-order chi connectivity index (χ1) is 5.27. The summed E-state index contributed by atoms with van der Waals surface area (Å²) in [6.07, 6.45) is 6.90. The number of ether oxygens (including phenoxy) is 1. The monoisotopic (exact) mass is 156 g/mol. The van der Waals surface area contributed by atoms with Crippen molar-refractivity contribution in [1.29, 1.82) is 0 Å². The summed E-state index contributed by atoms with van der Waals surface area (Å²) in [5.41, 5.74) is -0.672. The minimum Gasteiger partial charge on any atom is -0.383 e. The van der Waals surface area contributed by atoms with Crippen LogP contribution in [0.15, 0.2) is 12.2 Å². The lowest BCUT2D eigenvalue weighted by atomic mass is 9.92. The molecule has 1 rings (SSSR count). The summed E-state index contributed by atoms with van der Waals surface area (Å²) in [7, 11) is 0. The van der Waals surface area contributed by atoms with Gasteiger partial charge in [0.2, 0.25) is 0 Å². The smallest absolute Gasteiger partial charge is 0.106 e. The Kier molecular flexibility index (Phi) is 3.09. The highest BCUT2D eigenvalue weighted by Gasteiger charge is 2.24. The van der Waals surface area contributed by atoms with E-state index in [4.69, 9.17) is 4.74 Å². The highest BCUT2D eigenvalue weighted by atomic mass is 16.5. The van der Waals surface area contributed by atoms with E-state index in [1.54, 1.807) is 0 Å². The molecule has 0 aromatic carbocycles. The van der Waals surface area contributed by atoms with Crippen LogP contribution in [0, 0.1) is 0 Å². The summed E-state index contributed by atoms with van der Waals surface area (Å²) in [5, 5.41) is 9.79. The van der Waals surface area contributed by atoms with Crippen LogP contribution in [0.1, 0.15) is 26.2 Å². The average molecular weight is 156 g/mol. The lowest BCUT2D eigenvalue weighted by molar-refractivity contribution is -0.0183. The van der Waals surface area contributed by atoms with E-state index in [1.807, 2.05) is 19.1 Å². The molecule has 11 heavy (non-hydrogen) atoms. The fourth-order valence-electron chi connectivity index (χ4n) is 1.31. The van der Waals surface area contributed by atoms with Gasteiger partial charge in [-0.1, -0.05) is 12.2 Å². The SMILES string of the molecule is CCOCC1(O)C=CCCC1. The second kappa shape index (κ2) is 3.88. The van der Waals surface area contributed by atoms with Gasteiger partial charge >= 0.3 is 0 Å². The van der Waals surface area contributed by atoms with Crippen molar-refractivity contribution in [3.8, 4) is 0 Å². The fourth-order valence-corrected chi connectivity index (χ4v) is 1.31. The van der Waals surface area contributed by atoms with Crippen LogP contribution in [0.25, 0.3) is 0 Å². The highest BCUT2D eigenvalue weighted by molar-refractivity contribution is 5.04. The summed E-state index contributed by atoms with van der Waals surface area (Å²) in [6, 6.07) is 0. The molecule has 1 aliphatic carbocycles. The van der Waals surface area contributed by atoms with Crippen LogP contribution >= 0.6 is 0 Å². The number of aliphatic hydroxyl groups is 1. The van der Waals surface area contributed by atoms with Crippen LogP contribution in [0.4, 0.5) is 0 Å². The Bertz CT molecular complexity index is 142. The summed E-state index contributed by atoms with van der Waals surface area (Å²) in [6.45, 7) is 3.06. The van der Waals surface area contributed by atoms with E-state index in [1.165, 1.54) is 0 Å². The van der Waals surface area contributed by atoms with E-state index >= 15 is 0 Å². The molecule has 0 bridgehead atoms. The molecule has 64 valence electrons. The van der Waals surface area contributed by atoms with Crippen molar-refractivity contribution in [1.82, 2.24) is 0 Å². The highest BCUT2D eigenvalue weighted by Crippen LogP contribution is 2.21. The third-order valence-corrected chi connectivity index (χ3v) is 1.96. The van der Waals surface area contributed by atoms with Gasteiger partial charge in [0.1, 0.15) is 5.60 Å². The zero-order valence-corrected chi connectivity index (χ0v) is 7.05. The van der Waals surface area contributed by atoms with E-state index < -0.39 is 5.60 Å². The lowest BCUT2D eigenvalue weighted by Gasteiger charge is -2.26. The molecule has 0 amide bonds. The van der Waals surface area contributed by atoms with Gasteiger partial charge in [0.25, 0.3) is 0 Å². The minimum atomic E-state index is -0.672.